The van der Waals surface area contributed by atoms with Crippen LogP contribution in [0.1, 0.15) is 18.3 Å². The van der Waals surface area contributed by atoms with Gasteiger partial charge in [-0.3, -0.25) is 5.01 Å². The van der Waals surface area contributed by atoms with Crippen LogP contribution in [0.3, 0.4) is 0 Å². The summed E-state index contributed by atoms with van der Waals surface area (Å²) in [6.45, 7) is 3.72. The quantitative estimate of drug-likeness (QED) is 0.677. The number of anilines is 1. The zero-order valence-corrected chi connectivity index (χ0v) is 11.3. The SMILES string of the molecule is CC(=NN(C)c1ccccc1)c1nc(C)ccc1O. The predicted octanol–water partition coefficient (Wildman–Crippen LogP) is 2.96. The van der Waals surface area contributed by atoms with Crippen molar-refractivity contribution in [1.29, 1.82) is 0 Å². The molecule has 0 bridgehead atoms. The van der Waals surface area contributed by atoms with E-state index in [1.54, 1.807) is 17.1 Å². The molecule has 1 N–H and O–H groups in total. The molecule has 0 amide bonds. The van der Waals surface area contributed by atoms with E-state index < -0.39 is 0 Å². The molecule has 2 aromatic rings. The van der Waals surface area contributed by atoms with Crippen LogP contribution in [-0.2, 0) is 0 Å². The van der Waals surface area contributed by atoms with Gasteiger partial charge in [-0.15, -0.1) is 0 Å². The number of hydrazone groups is 1. The number of benzene rings is 1. The molecule has 0 aliphatic heterocycles. The smallest absolute Gasteiger partial charge is 0.143 e. The van der Waals surface area contributed by atoms with Crippen LogP contribution in [0.15, 0.2) is 47.6 Å². The molecule has 0 aliphatic carbocycles. The van der Waals surface area contributed by atoms with E-state index in [1.807, 2.05) is 51.2 Å². The maximum Gasteiger partial charge on any atom is 0.143 e. The van der Waals surface area contributed by atoms with Gasteiger partial charge in [-0.2, -0.15) is 5.10 Å². The minimum atomic E-state index is 0.147. The minimum absolute atomic E-state index is 0.147. The van der Waals surface area contributed by atoms with Gasteiger partial charge in [0.1, 0.15) is 11.4 Å². The number of aromatic hydroxyl groups is 1. The molecule has 4 nitrogen and oxygen atoms in total. The fourth-order valence-corrected chi connectivity index (χ4v) is 1.79. The number of nitrogens with zero attached hydrogens (tertiary/aromatic N) is 3. The molecule has 0 saturated heterocycles. The lowest BCUT2D eigenvalue weighted by Crippen LogP contribution is -2.13. The second-order valence-corrected chi connectivity index (χ2v) is 4.36. The Morgan fingerprint density at radius 2 is 1.84 bits per heavy atom. The number of aryl methyl sites for hydroxylation is 1. The topological polar surface area (TPSA) is 48.7 Å². The van der Waals surface area contributed by atoms with Crippen LogP contribution in [0.25, 0.3) is 0 Å². The van der Waals surface area contributed by atoms with Crippen molar-refractivity contribution in [2.45, 2.75) is 13.8 Å². The Hall–Kier alpha value is -2.36. The van der Waals surface area contributed by atoms with Crippen molar-refractivity contribution in [2.75, 3.05) is 12.1 Å². The highest BCUT2D eigenvalue weighted by Gasteiger charge is 2.08. The average molecular weight is 255 g/mol. The molecule has 1 heterocycles. The standard InChI is InChI=1S/C15H17N3O/c1-11-9-10-14(19)15(16-11)12(2)17-18(3)13-7-5-4-6-8-13/h4-10,19H,1-3H3. The molecule has 0 saturated carbocycles. The molecule has 0 unspecified atom stereocenters. The van der Waals surface area contributed by atoms with Crippen molar-refractivity contribution in [1.82, 2.24) is 4.98 Å². The van der Waals surface area contributed by atoms with Crippen molar-refractivity contribution >= 4 is 11.4 Å². The fraction of sp³-hybridized carbons (Fsp3) is 0.200. The zero-order chi connectivity index (χ0) is 13.8. The Kier molecular flexibility index (Phi) is 3.80. The van der Waals surface area contributed by atoms with Crippen LogP contribution >= 0.6 is 0 Å². The van der Waals surface area contributed by atoms with Crippen LogP contribution < -0.4 is 5.01 Å². The van der Waals surface area contributed by atoms with E-state index in [1.165, 1.54) is 0 Å². The van der Waals surface area contributed by atoms with Crippen LogP contribution in [0.2, 0.25) is 0 Å². The first kappa shape index (κ1) is 13.1. The van der Waals surface area contributed by atoms with Gasteiger partial charge in [0.15, 0.2) is 0 Å². The second kappa shape index (κ2) is 5.52. The number of pyridine rings is 1. The predicted molar refractivity (Wildman–Crippen MR) is 77.7 cm³/mol. The van der Waals surface area contributed by atoms with Crippen LogP contribution in [0, 0.1) is 6.92 Å². The molecule has 98 valence electrons. The van der Waals surface area contributed by atoms with E-state index in [2.05, 4.69) is 10.1 Å². The summed E-state index contributed by atoms with van der Waals surface area (Å²) >= 11 is 0. The molecule has 0 spiro atoms. The summed E-state index contributed by atoms with van der Waals surface area (Å²) in [6, 6.07) is 13.2. The molecular formula is C15H17N3O. The molecule has 2 rings (SSSR count). The first-order valence-electron chi connectivity index (χ1n) is 6.09. The van der Waals surface area contributed by atoms with Gasteiger partial charge in [0, 0.05) is 12.7 Å². The lowest BCUT2D eigenvalue weighted by molar-refractivity contribution is 0.471. The van der Waals surface area contributed by atoms with Crippen molar-refractivity contribution in [3.8, 4) is 5.75 Å². The van der Waals surface area contributed by atoms with Gasteiger partial charge < -0.3 is 5.11 Å². The van der Waals surface area contributed by atoms with Gasteiger partial charge in [0.2, 0.25) is 0 Å². The van der Waals surface area contributed by atoms with Crippen molar-refractivity contribution in [2.24, 2.45) is 5.10 Å². The highest BCUT2D eigenvalue weighted by molar-refractivity contribution is 5.99. The van der Waals surface area contributed by atoms with E-state index in [9.17, 15) is 5.11 Å². The number of aromatic nitrogens is 1. The van der Waals surface area contributed by atoms with Crippen molar-refractivity contribution in [3.63, 3.8) is 0 Å². The highest BCUT2D eigenvalue weighted by Crippen LogP contribution is 2.17. The van der Waals surface area contributed by atoms with E-state index in [0.717, 1.165) is 11.4 Å². The Bertz CT molecular complexity index is 594. The largest absolute Gasteiger partial charge is 0.506 e. The number of hydrogen-bond donors (Lipinski definition) is 1. The number of hydrogen-bond acceptors (Lipinski definition) is 4. The first-order chi connectivity index (χ1) is 9.08. The molecular weight excluding hydrogens is 238 g/mol. The van der Waals surface area contributed by atoms with E-state index in [4.69, 9.17) is 0 Å². The molecule has 0 radical (unpaired) electrons. The van der Waals surface area contributed by atoms with Crippen molar-refractivity contribution in [3.05, 3.63) is 53.9 Å². The van der Waals surface area contributed by atoms with Crippen LogP contribution in [0.4, 0.5) is 5.69 Å². The van der Waals surface area contributed by atoms with Crippen molar-refractivity contribution < 1.29 is 5.11 Å². The number of rotatable bonds is 3. The van der Waals surface area contributed by atoms with Gasteiger partial charge in [-0.25, -0.2) is 4.98 Å². The molecule has 0 aliphatic rings. The van der Waals surface area contributed by atoms with Gasteiger partial charge in [-0.1, -0.05) is 18.2 Å². The monoisotopic (exact) mass is 255 g/mol. The van der Waals surface area contributed by atoms with E-state index in [-0.39, 0.29) is 5.75 Å². The Morgan fingerprint density at radius 1 is 1.16 bits per heavy atom. The Labute approximate surface area is 113 Å². The third-order valence-electron chi connectivity index (χ3n) is 2.79. The molecule has 0 fully saturated rings. The van der Waals surface area contributed by atoms with Gasteiger partial charge >= 0.3 is 0 Å². The van der Waals surface area contributed by atoms with Crippen LogP contribution in [0.5, 0.6) is 5.75 Å². The summed E-state index contributed by atoms with van der Waals surface area (Å²) in [5.41, 5.74) is 3.02. The second-order valence-electron chi connectivity index (χ2n) is 4.36. The summed E-state index contributed by atoms with van der Waals surface area (Å²) in [6.07, 6.45) is 0. The van der Waals surface area contributed by atoms with Gasteiger partial charge in [0.25, 0.3) is 0 Å². The lowest BCUT2D eigenvalue weighted by Gasteiger charge is -2.14. The molecule has 0 atom stereocenters. The lowest BCUT2D eigenvalue weighted by atomic mass is 10.2. The maximum absolute atomic E-state index is 9.83. The summed E-state index contributed by atoms with van der Waals surface area (Å²) in [7, 11) is 1.87. The van der Waals surface area contributed by atoms with E-state index >= 15 is 0 Å². The van der Waals surface area contributed by atoms with Crippen LogP contribution in [-0.4, -0.2) is 22.8 Å². The Morgan fingerprint density at radius 3 is 2.53 bits per heavy atom. The van der Waals surface area contributed by atoms with Gasteiger partial charge in [0.05, 0.1) is 11.4 Å². The Balaban J connectivity index is 2.30. The number of para-hydroxylation sites is 1. The third-order valence-corrected chi connectivity index (χ3v) is 2.79. The van der Waals surface area contributed by atoms with Gasteiger partial charge in [-0.05, 0) is 38.1 Å². The summed E-state index contributed by atoms with van der Waals surface area (Å²) in [5.74, 6) is 0.147. The molecule has 1 aromatic carbocycles. The average Bonchev–Trinajstić information content (AvgIpc) is 2.42. The minimum Gasteiger partial charge on any atom is -0.506 e. The molecule has 4 heteroatoms. The van der Waals surface area contributed by atoms with E-state index in [0.29, 0.717) is 11.4 Å². The third kappa shape index (κ3) is 3.10. The molecule has 1 aromatic heterocycles. The summed E-state index contributed by atoms with van der Waals surface area (Å²) in [5, 5.41) is 16.0. The molecule has 19 heavy (non-hydrogen) atoms. The summed E-state index contributed by atoms with van der Waals surface area (Å²) < 4.78 is 0. The fourth-order valence-electron chi connectivity index (χ4n) is 1.79. The highest BCUT2D eigenvalue weighted by atomic mass is 16.3. The summed E-state index contributed by atoms with van der Waals surface area (Å²) in [4.78, 5) is 4.31. The normalized spacial score (nSPS) is 11.4. The zero-order valence-electron chi connectivity index (χ0n) is 11.3. The first-order valence-corrected chi connectivity index (χ1v) is 6.09. The maximum atomic E-state index is 9.83.